The highest BCUT2D eigenvalue weighted by Crippen LogP contribution is 2.12. The van der Waals surface area contributed by atoms with E-state index < -0.39 is 0 Å². The fourth-order valence-electron chi connectivity index (χ4n) is 0.671. The molecular weight excluding hydrogens is 158 g/mol. The molecule has 12 heavy (non-hydrogen) atoms. The third kappa shape index (κ3) is 2.23. The second kappa shape index (κ2) is 4.11. The molecule has 4 nitrogen and oxygen atoms in total. The molecule has 0 aliphatic carbocycles. The second-order valence-electron chi connectivity index (χ2n) is 2.60. The summed E-state index contributed by atoms with van der Waals surface area (Å²) >= 11 is 0. The molecule has 0 amide bonds. The monoisotopic (exact) mass is 171 g/mol. The number of rotatable bonds is 4. The van der Waals surface area contributed by atoms with Crippen LogP contribution in [0.2, 0.25) is 0 Å². The minimum Gasteiger partial charge on any atom is -0.447 e. The molecule has 1 N–H and O–H groups in total. The summed E-state index contributed by atoms with van der Waals surface area (Å²) in [4.78, 5) is 3.88. The third-order valence-electron chi connectivity index (χ3n) is 1.57. The number of aliphatic hydroxyl groups excluding tert-OH is 1. The molecular formula is C8H13NO3. The van der Waals surface area contributed by atoms with Gasteiger partial charge in [-0.3, -0.25) is 0 Å². The molecule has 0 aliphatic heterocycles. The van der Waals surface area contributed by atoms with Crippen LogP contribution in [0.3, 0.4) is 0 Å². The van der Waals surface area contributed by atoms with Crippen LogP contribution in [-0.4, -0.2) is 16.2 Å². The number of hydrogen-bond donors (Lipinski definition) is 1. The zero-order chi connectivity index (χ0) is 8.97. The lowest BCUT2D eigenvalue weighted by Crippen LogP contribution is -2.09. The fourth-order valence-corrected chi connectivity index (χ4v) is 0.671. The van der Waals surface area contributed by atoms with E-state index in [1.165, 1.54) is 6.26 Å². The molecule has 1 unspecified atom stereocenters. The van der Waals surface area contributed by atoms with Crippen molar-refractivity contribution in [2.75, 3.05) is 0 Å². The van der Waals surface area contributed by atoms with Gasteiger partial charge in [0.15, 0.2) is 0 Å². The van der Waals surface area contributed by atoms with Crippen LogP contribution in [0.25, 0.3) is 0 Å². The average molecular weight is 171 g/mol. The highest BCUT2D eigenvalue weighted by molar-refractivity contribution is 4.98. The average Bonchev–Trinajstić information content (AvgIpc) is 2.52. The van der Waals surface area contributed by atoms with E-state index in [4.69, 9.17) is 14.3 Å². The van der Waals surface area contributed by atoms with Crippen LogP contribution in [0.1, 0.15) is 26.0 Å². The maximum Gasteiger partial charge on any atom is 0.394 e. The van der Waals surface area contributed by atoms with E-state index in [1.54, 1.807) is 0 Å². The van der Waals surface area contributed by atoms with Gasteiger partial charge in [-0.05, 0) is 13.3 Å². The predicted octanol–water partition coefficient (Wildman–Crippen LogP) is 1.34. The summed E-state index contributed by atoms with van der Waals surface area (Å²) < 4.78 is 10.2. The van der Waals surface area contributed by atoms with Gasteiger partial charge in [0.25, 0.3) is 0 Å². The molecule has 1 aromatic rings. The van der Waals surface area contributed by atoms with Crippen LogP contribution < -0.4 is 4.74 Å². The minimum absolute atomic E-state index is 0.0928. The van der Waals surface area contributed by atoms with Crippen LogP contribution in [0, 0.1) is 0 Å². The Morgan fingerprint density at radius 3 is 3.00 bits per heavy atom. The summed E-state index contributed by atoms with van der Waals surface area (Å²) in [6.45, 7) is 3.83. The van der Waals surface area contributed by atoms with E-state index in [0.717, 1.165) is 6.42 Å². The van der Waals surface area contributed by atoms with Crippen LogP contribution in [0.15, 0.2) is 10.7 Å². The Morgan fingerprint density at radius 1 is 1.75 bits per heavy atom. The standard InChI is InChI=1S/C8H13NO3/c1-3-6(2)12-8-9-7(4-10)5-11-8/h5-6,10H,3-4H2,1-2H3. The zero-order valence-corrected chi connectivity index (χ0v) is 7.28. The first-order chi connectivity index (χ1) is 5.76. The SMILES string of the molecule is CCC(C)Oc1nc(CO)co1. The molecule has 0 aromatic carbocycles. The summed E-state index contributed by atoms with van der Waals surface area (Å²) in [5.74, 6) is 0. The summed E-state index contributed by atoms with van der Waals surface area (Å²) in [6, 6.07) is 0. The Kier molecular flexibility index (Phi) is 3.10. The van der Waals surface area contributed by atoms with Crippen molar-refractivity contribution in [3.63, 3.8) is 0 Å². The molecule has 0 aliphatic rings. The predicted molar refractivity (Wildman–Crippen MR) is 42.8 cm³/mol. The molecule has 0 radical (unpaired) electrons. The summed E-state index contributed by atoms with van der Waals surface area (Å²) in [5, 5.41) is 8.66. The molecule has 0 saturated heterocycles. The normalized spacial score (nSPS) is 12.9. The van der Waals surface area contributed by atoms with E-state index in [0.29, 0.717) is 5.69 Å². The van der Waals surface area contributed by atoms with Crippen LogP contribution >= 0.6 is 0 Å². The first-order valence-corrected chi connectivity index (χ1v) is 3.98. The van der Waals surface area contributed by atoms with Gasteiger partial charge in [0.05, 0.1) is 6.61 Å². The highest BCUT2D eigenvalue weighted by Gasteiger charge is 2.06. The van der Waals surface area contributed by atoms with E-state index >= 15 is 0 Å². The maximum absolute atomic E-state index is 8.66. The summed E-state index contributed by atoms with van der Waals surface area (Å²) in [7, 11) is 0. The number of oxazole rings is 1. The van der Waals surface area contributed by atoms with Crippen LogP contribution in [-0.2, 0) is 6.61 Å². The number of ether oxygens (including phenoxy) is 1. The lowest BCUT2D eigenvalue weighted by molar-refractivity contribution is 0.158. The Balaban J connectivity index is 2.52. The van der Waals surface area contributed by atoms with Crippen molar-refractivity contribution < 1.29 is 14.3 Å². The van der Waals surface area contributed by atoms with Crippen molar-refractivity contribution in [2.24, 2.45) is 0 Å². The van der Waals surface area contributed by atoms with Gasteiger partial charge >= 0.3 is 6.08 Å². The number of aromatic nitrogens is 1. The minimum atomic E-state index is -0.118. The van der Waals surface area contributed by atoms with Gasteiger partial charge in [0.2, 0.25) is 0 Å². The van der Waals surface area contributed by atoms with Crippen molar-refractivity contribution in [1.29, 1.82) is 0 Å². The van der Waals surface area contributed by atoms with Crippen LogP contribution in [0.4, 0.5) is 0 Å². The topological polar surface area (TPSA) is 55.5 Å². The molecule has 1 heterocycles. The molecule has 1 aromatic heterocycles. The first kappa shape index (κ1) is 9.06. The molecule has 1 rings (SSSR count). The van der Waals surface area contributed by atoms with Gasteiger partial charge in [0.1, 0.15) is 18.1 Å². The van der Waals surface area contributed by atoms with Crippen LogP contribution in [0.5, 0.6) is 6.08 Å². The molecule has 0 saturated carbocycles. The van der Waals surface area contributed by atoms with Crippen molar-refractivity contribution in [2.45, 2.75) is 33.0 Å². The van der Waals surface area contributed by atoms with Gasteiger partial charge in [-0.25, -0.2) is 0 Å². The van der Waals surface area contributed by atoms with E-state index in [2.05, 4.69) is 4.98 Å². The van der Waals surface area contributed by atoms with Crippen molar-refractivity contribution in [3.05, 3.63) is 12.0 Å². The van der Waals surface area contributed by atoms with Crippen molar-refractivity contribution >= 4 is 0 Å². The van der Waals surface area contributed by atoms with Crippen molar-refractivity contribution in [3.8, 4) is 6.08 Å². The lowest BCUT2D eigenvalue weighted by atomic mass is 10.3. The van der Waals surface area contributed by atoms with E-state index in [1.807, 2.05) is 13.8 Å². The van der Waals surface area contributed by atoms with Gasteiger partial charge in [-0.1, -0.05) is 6.92 Å². The van der Waals surface area contributed by atoms with E-state index in [9.17, 15) is 0 Å². The van der Waals surface area contributed by atoms with E-state index in [-0.39, 0.29) is 18.8 Å². The smallest absolute Gasteiger partial charge is 0.394 e. The quantitative estimate of drug-likeness (QED) is 0.742. The first-order valence-electron chi connectivity index (χ1n) is 3.98. The van der Waals surface area contributed by atoms with Gasteiger partial charge in [-0.2, -0.15) is 4.98 Å². The number of nitrogens with zero attached hydrogens (tertiary/aromatic N) is 1. The number of aliphatic hydroxyl groups is 1. The molecule has 1 atom stereocenters. The Bertz CT molecular complexity index is 234. The molecule has 0 fully saturated rings. The Hall–Kier alpha value is -1.03. The second-order valence-corrected chi connectivity index (χ2v) is 2.60. The molecule has 0 bridgehead atoms. The fraction of sp³-hybridized carbons (Fsp3) is 0.625. The lowest BCUT2D eigenvalue weighted by Gasteiger charge is -2.06. The third-order valence-corrected chi connectivity index (χ3v) is 1.57. The molecule has 0 spiro atoms. The Morgan fingerprint density at radius 2 is 2.50 bits per heavy atom. The van der Waals surface area contributed by atoms with Gasteiger partial charge in [0, 0.05) is 0 Å². The Labute approximate surface area is 71.2 Å². The van der Waals surface area contributed by atoms with Crippen molar-refractivity contribution in [1.82, 2.24) is 4.98 Å². The molecule has 68 valence electrons. The number of hydrogen-bond acceptors (Lipinski definition) is 4. The largest absolute Gasteiger partial charge is 0.447 e. The highest BCUT2D eigenvalue weighted by atomic mass is 16.6. The van der Waals surface area contributed by atoms with Gasteiger partial charge in [-0.15, -0.1) is 0 Å². The summed E-state index contributed by atoms with van der Waals surface area (Å²) in [6.07, 6.45) is 2.61. The zero-order valence-electron chi connectivity index (χ0n) is 7.28. The summed E-state index contributed by atoms with van der Waals surface area (Å²) in [5.41, 5.74) is 0.494. The maximum atomic E-state index is 8.66. The van der Waals surface area contributed by atoms with Gasteiger partial charge < -0.3 is 14.3 Å². The molecule has 4 heteroatoms.